The van der Waals surface area contributed by atoms with Crippen molar-refractivity contribution < 1.29 is 4.79 Å². The first kappa shape index (κ1) is 23.7. The van der Waals surface area contributed by atoms with Crippen LogP contribution in [-0.2, 0) is 0 Å². The number of hydrogen-bond donors (Lipinski definition) is 4. The summed E-state index contributed by atoms with van der Waals surface area (Å²) in [7, 11) is 2.16. The maximum absolute atomic E-state index is 12.9. The van der Waals surface area contributed by atoms with Gasteiger partial charge in [0.2, 0.25) is 0 Å². The maximum atomic E-state index is 12.9. The van der Waals surface area contributed by atoms with Gasteiger partial charge in [0.25, 0.3) is 5.91 Å². The van der Waals surface area contributed by atoms with E-state index in [1.54, 1.807) is 0 Å². The molecule has 4 heterocycles. The molecule has 4 aromatic rings. The minimum Gasteiger partial charge on any atom is -0.382 e. The Bertz CT molecular complexity index is 1360. The summed E-state index contributed by atoms with van der Waals surface area (Å²) in [6.07, 6.45) is 6.42. The van der Waals surface area contributed by atoms with Crippen molar-refractivity contribution in [3.05, 3.63) is 60.4 Å². The van der Waals surface area contributed by atoms with Gasteiger partial charge in [-0.05, 0) is 95.3 Å². The smallest absolute Gasteiger partial charge is 0.256 e. The molecule has 2 saturated heterocycles. The summed E-state index contributed by atoms with van der Waals surface area (Å²) in [5, 5.41) is 17.4. The van der Waals surface area contributed by atoms with Crippen LogP contribution >= 0.6 is 0 Å². The van der Waals surface area contributed by atoms with Crippen molar-refractivity contribution in [2.45, 2.75) is 37.8 Å². The van der Waals surface area contributed by atoms with E-state index in [0.717, 1.165) is 79.8 Å². The SMILES string of the molecule is CN1CCC(Nc2ccc(C(=O)Nc3cc(-c4ccc5ncn(C6CCNCC6)c5c4)n[nH]3)cc2)CC1. The topological polar surface area (TPSA) is 103 Å². The zero-order valence-corrected chi connectivity index (χ0v) is 21.2. The fourth-order valence-electron chi connectivity index (χ4n) is 5.40. The first-order valence-electron chi connectivity index (χ1n) is 13.2. The van der Waals surface area contributed by atoms with Crippen LogP contribution in [0, 0.1) is 0 Å². The van der Waals surface area contributed by atoms with Crippen molar-refractivity contribution in [2.75, 3.05) is 43.9 Å². The van der Waals surface area contributed by atoms with Crippen molar-refractivity contribution in [3.63, 3.8) is 0 Å². The Balaban J connectivity index is 1.12. The fourth-order valence-corrected chi connectivity index (χ4v) is 5.40. The van der Waals surface area contributed by atoms with Crippen LogP contribution in [0.5, 0.6) is 0 Å². The summed E-state index contributed by atoms with van der Waals surface area (Å²) >= 11 is 0. The van der Waals surface area contributed by atoms with E-state index < -0.39 is 0 Å². The molecule has 0 spiro atoms. The molecule has 9 heteroatoms. The molecule has 192 valence electrons. The molecule has 2 fully saturated rings. The van der Waals surface area contributed by atoms with Gasteiger partial charge < -0.3 is 25.4 Å². The fraction of sp³-hybridized carbons (Fsp3) is 0.393. The third-order valence-corrected chi connectivity index (χ3v) is 7.64. The molecule has 2 aliphatic heterocycles. The van der Waals surface area contributed by atoms with Gasteiger partial charge in [0, 0.05) is 35.0 Å². The Kier molecular flexibility index (Phi) is 6.63. The maximum Gasteiger partial charge on any atom is 0.256 e. The number of carbonyl (C=O) groups excluding carboxylic acids is 1. The van der Waals surface area contributed by atoms with E-state index in [9.17, 15) is 4.79 Å². The highest BCUT2D eigenvalue weighted by Crippen LogP contribution is 2.28. The van der Waals surface area contributed by atoms with E-state index >= 15 is 0 Å². The molecule has 0 unspecified atom stereocenters. The number of H-pyrrole nitrogens is 1. The molecule has 0 radical (unpaired) electrons. The number of nitrogens with zero attached hydrogens (tertiary/aromatic N) is 4. The van der Waals surface area contributed by atoms with Gasteiger partial charge in [0.15, 0.2) is 0 Å². The second kappa shape index (κ2) is 10.4. The number of hydrogen-bond acceptors (Lipinski definition) is 6. The van der Waals surface area contributed by atoms with Crippen molar-refractivity contribution in [1.29, 1.82) is 0 Å². The minimum absolute atomic E-state index is 0.166. The normalized spacial score (nSPS) is 17.8. The van der Waals surface area contributed by atoms with Gasteiger partial charge in [-0.25, -0.2) is 4.98 Å². The number of benzene rings is 2. The third kappa shape index (κ3) is 5.23. The van der Waals surface area contributed by atoms with Gasteiger partial charge in [-0.3, -0.25) is 9.89 Å². The Morgan fingerprint density at radius 1 is 1.00 bits per heavy atom. The number of piperidine rings is 2. The average molecular weight is 499 g/mol. The van der Waals surface area contributed by atoms with Crippen LogP contribution in [0.3, 0.4) is 0 Å². The minimum atomic E-state index is -0.166. The van der Waals surface area contributed by atoms with Gasteiger partial charge in [-0.2, -0.15) is 5.10 Å². The van der Waals surface area contributed by atoms with Crippen LogP contribution in [0.4, 0.5) is 11.5 Å². The second-order valence-corrected chi connectivity index (χ2v) is 10.3. The molecule has 2 aromatic carbocycles. The number of aromatic nitrogens is 4. The molecule has 6 rings (SSSR count). The molecule has 1 amide bonds. The molecule has 2 aliphatic rings. The number of likely N-dealkylation sites (tertiary alicyclic amines) is 1. The first-order valence-corrected chi connectivity index (χ1v) is 13.2. The second-order valence-electron chi connectivity index (χ2n) is 10.3. The Labute approximate surface area is 216 Å². The lowest BCUT2D eigenvalue weighted by molar-refractivity contribution is 0.102. The summed E-state index contributed by atoms with van der Waals surface area (Å²) in [6, 6.07) is 16.7. The highest BCUT2D eigenvalue weighted by Gasteiger charge is 2.19. The van der Waals surface area contributed by atoms with E-state index in [2.05, 4.69) is 53.7 Å². The van der Waals surface area contributed by atoms with Gasteiger partial charge in [0.1, 0.15) is 5.82 Å². The molecule has 9 nitrogen and oxygen atoms in total. The standard InChI is InChI=1S/C28H34N8O/c1-35-14-10-22(11-15-35)31-21-5-2-19(3-6-21)28(37)32-27-17-25(33-34-27)20-4-7-24-26(16-20)36(18-30-24)23-8-12-29-13-9-23/h2-7,16-18,22-23,29,31H,8-15H2,1H3,(H2,32,33,34,37). The highest BCUT2D eigenvalue weighted by molar-refractivity contribution is 6.04. The summed E-state index contributed by atoms with van der Waals surface area (Å²) in [6.45, 7) is 4.29. The molecular formula is C28H34N8O. The van der Waals surface area contributed by atoms with Gasteiger partial charge >= 0.3 is 0 Å². The van der Waals surface area contributed by atoms with Gasteiger partial charge in [-0.15, -0.1) is 0 Å². The lowest BCUT2D eigenvalue weighted by Gasteiger charge is -2.30. The van der Waals surface area contributed by atoms with Crippen LogP contribution in [0.25, 0.3) is 22.3 Å². The van der Waals surface area contributed by atoms with E-state index in [-0.39, 0.29) is 5.91 Å². The van der Waals surface area contributed by atoms with Crippen LogP contribution in [0.15, 0.2) is 54.9 Å². The van der Waals surface area contributed by atoms with Crippen molar-refractivity contribution in [3.8, 4) is 11.3 Å². The van der Waals surface area contributed by atoms with Crippen LogP contribution in [-0.4, -0.2) is 69.8 Å². The number of rotatable bonds is 6. The van der Waals surface area contributed by atoms with Crippen molar-refractivity contribution in [2.24, 2.45) is 0 Å². The molecule has 37 heavy (non-hydrogen) atoms. The molecule has 0 atom stereocenters. The average Bonchev–Trinajstić information content (AvgIpc) is 3.58. The third-order valence-electron chi connectivity index (χ3n) is 7.64. The summed E-state index contributed by atoms with van der Waals surface area (Å²) < 4.78 is 2.29. The number of fused-ring (bicyclic) bond motifs is 1. The quantitative estimate of drug-likeness (QED) is 0.319. The zero-order chi connectivity index (χ0) is 25.2. The molecule has 4 N–H and O–H groups in total. The summed E-state index contributed by atoms with van der Waals surface area (Å²) in [4.78, 5) is 19.8. The Hall–Kier alpha value is -3.69. The van der Waals surface area contributed by atoms with Crippen molar-refractivity contribution in [1.82, 2.24) is 30.0 Å². The number of carbonyl (C=O) groups is 1. The number of aromatic amines is 1. The monoisotopic (exact) mass is 498 g/mol. The number of anilines is 2. The van der Waals surface area contributed by atoms with Crippen LogP contribution in [0.2, 0.25) is 0 Å². The predicted molar refractivity (Wildman–Crippen MR) is 147 cm³/mol. The Morgan fingerprint density at radius 2 is 1.78 bits per heavy atom. The van der Waals surface area contributed by atoms with E-state index in [4.69, 9.17) is 0 Å². The first-order chi connectivity index (χ1) is 18.1. The lowest BCUT2D eigenvalue weighted by atomic mass is 10.0. The van der Waals surface area contributed by atoms with E-state index in [0.29, 0.717) is 23.5 Å². The summed E-state index contributed by atoms with van der Waals surface area (Å²) in [5.41, 5.74) is 5.54. The molecule has 0 aliphatic carbocycles. The van der Waals surface area contributed by atoms with Crippen molar-refractivity contribution >= 4 is 28.4 Å². The van der Waals surface area contributed by atoms with Gasteiger partial charge in [0.05, 0.1) is 23.1 Å². The largest absolute Gasteiger partial charge is 0.382 e. The lowest BCUT2D eigenvalue weighted by Crippen LogP contribution is -2.36. The van der Waals surface area contributed by atoms with E-state index in [1.807, 2.05) is 48.8 Å². The molecule has 0 bridgehead atoms. The van der Waals surface area contributed by atoms with Crippen LogP contribution < -0.4 is 16.0 Å². The molecule has 2 aromatic heterocycles. The number of nitrogens with one attached hydrogen (secondary N) is 4. The van der Waals surface area contributed by atoms with Crippen LogP contribution in [0.1, 0.15) is 42.1 Å². The number of amides is 1. The predicted octanol–water partition coefficient (Wildman–Crippen LogP) is 4.11. The van der Waals surface area contributed by atoms with Gasteiger partial charge in [-0.1, -0.05) is 6.07 Å². The number of imidazole rings is 1. The molecular weight excluding hydrogens is 464 g/mol. The van der Waals surface area contributed by atoms with E-state index in [1.165, 1.54) is 0 Å². The Morgan fingerprint density at radius 3 is 2.57 bits per heavy atom. The highest BCUT2D eigenvalue weighted by atomic mass is 16.1. The molecule has 0 saturated carbocycles. The summed E-state index contributed by atoms with van der Waals surface area (Å²) in [5.74, 6) is 0.404. The zero-order valence-electron chi connectivity index (χ0n) is 21.2.